The van der Waals surface area contributed by atoms with Gasteiger partial charge in [-0.2, -0.15) is 0 Å². The lowest BCUT2D eigenvalue weighted by molar-refractivity contribution is -0.353. The third-order valence-electron chi connectivity index (χ3n) is 4.67. The highest BCUT2D eigenvalue weighted by Crippen LogP contribution is 2.31. The van der Waals surface area contributed by atoms with E-state index in [0.29, 0.717) is 0 Å². The van der Waals surface area contributed by atoms with Crippen LogP contribution < -0.4 is 0 Å². The van der Waals surface area contributed by atoms with Crippen LogP contribution in [0.3, 0.4) is 0 Å². The Balaban J connectivity index is 2.19. The number of aliphatic hydroxyl groups is 3. The van der Waals surface area contributed by atoms with Crippen LogP contribution in [0, 0.1) is 0 Å². The highest BCUT2D eigenvalue weighted by molar-refractivity contribution is 5.66. The largest absolute Gasteiger partial charge is 0.457 e. The van der Waals surface area contributed by atoms with E-state index in [9.17, 15) is 20.1 Å². The summed E-state index contributed by atoms with van der Waals surface area (Å²) in [7, 11) is 2.85. The average Bonchev–Trinajstić information content (AvgIpc) is 2.58. The molecule has 10 nitrogen and oxygen atoms in total. The molecule has 10 atom stereocenters. The van der Waals surface area contributed by atoms with Crippen LogP contribution in [0.1, 0.15) is 20.8 Å². The van der Waals surface area contributed by atoms with Gasteiger partial charge in [0, 0.05) is 21.1 Å². The van der Waals surface area contributed by atoms with E-state index >= 15 is 0 Å². The van der Waals surface area contributed by atoms with Gasteiger partial charge in [0.1, 0.15) is 30.5 Å². The molecule has 26 heavy (non-hydrogen) atoms. The van der Waals surface area contributed by atoms with E-state index in [1.165, 1.54) is 21.1 Å². The first-order valence-corrected chi connectivity index (χ1v) is 8.44. The number of esters is 1. The Hall–Kier alpha value is -0.850. The fourth-order valence-corrected chi connectivity index (χ4v) is 3.28. The molecule has 0 aromatic rings. The number of rotatable bonds is 5. The molecule has 0 amide bonds. The second-order valence-electron chi connectivity index (χ2n) is 6.50. The molecule has 0 radical (unpaired) electrons. The Morgan fingerprint density at radius 3 is 2.00 bits per heavy atom. The average molecular weight is 380 g/mol. The minimum absolute atomic E-state index is 0.492. The maximum atomic E-state index is 11.4. The fraction of sp³-hybridized carbons (Fsp3) is 0.938. The van der Waals surface area contributed by atoms with E-state index in [4.69, 9.17) is 28.4 Å². The van der Waals surface area contributed by atoms with Crippen LogP contribution in [0.2, 0.25) is 0 Å². The third kappa shape index (κ3) is 4.34. The predicted octanol–water partition coefficient (Wildman–Crippen LogP) is -1.46. The number of carbonyl (C=O) groups is 1. The number of carbonyl (C=O) groups excluding carboxylic acids is 1. The molecular weight excluding hydrogens is 352 g/mol. The monoisotopic (exact) mass is 380 g/mol. The van der Waals surface area contributed by atoms with Crippen molar-refractivity contribution in [2.75, 3.05) is 14.2 Å². The zero-order valence-electron chi connectivity index (χ0n) is 15.5. The van der Waals surface area contributed by atoms with Gasteiger partial charge in [-0.15, -0.1) is 0 Å². The lowest BCUT2D eigenvalue weighted by Crippen LogP contribution is -2.64. The minimum Gasteiger partial charge on any atom is -0.457 e. The number of hydrogen-bond acceptors (Lipinski definition) is 10. The molecule has 0 aromatic heterocycles. The molecule has 2 rings (SSSR count). The van der Waals surface area contributed by atoms with Crippen molar-refractivity contribution in [3.8, 4) is 0 Å². The SMILES string of the molecule is CO[C@H]1[C@H](OC)[C@H](O[C@@H]2[C@@H](O)[C@H](C)O[C@@H](O)[C@@H]2O)O[C@@H](C)[C@H]1OC(C)=O. The maximum absolute atomic E-state index is 11.4. The van der Waals surface area contributed by atoms with Gasteiger partial charge in [-0.05, 0) is 13.8 Å². The van der Waals surface area contributed by atoms with Crippen molar-refractivity contribution in [1.82, 2.24) is 0 Å². The number of aliphatic hydroxyl groups excluding tert-OH is 3. The number of hydrogen-bond donors (Lipinski definition) is 3. The van der Waals surface area contributed by atoms with Crippen molar-refractivity contribution in [3.05, 3.63) is 0 Å². The lowest BCUT2D eigenvalue weighted by atomic mass is 9.97. The summed E-state index contributed by atoms with van der Waals surface area (Å²) in [5.74, 6) is -0.492. The van der Waals surface area contributed by atoms with E-state index in [1.54, 1.807) is 13.8 Å². The van der Waals surface area contributed by atoms with E-state index in [1.807, 2.05) is 0 Å². The Bertz CT molecular complexity index is 460. The molecule has 10 heteroatoms. The molecule has 2 aliphatic rings. The molecule has 0 aliphatic carbocycles. The van der Waals surface area contributed by atoms with Gasteiger partial charge in [0.05, 0.1) is 12.2 Å². The van der Waals surface area contributed by atoms with Gasteiger partial charge in [-0.25, -0.2) is 0 Å². The summed E-state index contributed by atoms with van der Waals surface area (Å²) >= 11 is 0. The molecule has 2 saturated heterocycles. The van der Waals surface area contributed by atoms with Crippen molar-refractivity contribution in [1.29, 1.82) is 0 Å². The summed E-state index contributed by atoms with van der Waals surface area (Å²) in [6.45, 7) is 4.50. The van der Waals surface area contributed by atoms with Crippen molar-refractivity contribution < 1.29 is 48.5 Å². The van der Waals surface area contributed by atoms with Crippen molar-refractivity contribution in [2.45, 2.75) is 82.2 Å². The predicted molar refractivity (Wildman–Crippen MR) is 84.9 cm³/mol. The van der Waals surface area contributed by atoms with E-state index in [2.05, 4.69) is 0 Å². The van der Waals surface area contributed by atoms with Crippen molar-refractivity contribution in [3.63, 3.8) is 0 Å². The molecule has 0 aromatic carbocycles. The van der Waals surface area contributed by atoms with Crippen molar-refractivity contribution in [2.24, 2.45) is 0 Å². The molecular formula is C16H28O10. The van der Waals surface area contributed by atoms with Gasteiger partial charge >= 0.3 is 5.97 Å². The first kappa shape index (κ1) is 21.5. The van der Waals surface area contributed by atoms with Crippen LogP contribution in [0.5, 0.6) is 0 Å². The van der Waals surface area contributed by atoms with Gasteiger partial charge in [-0.1, -0.05) is 0 Å². The van der Waals surface area contributed by atoms with Crippen LogP contribution in [0.4, 0.5) is 0 Å². The first-order chi connectivity index (χ1) is 12.2. The van der Waals surface area contributed by atoms with Gasteiger partial charge in [-0.3, -0.25) is 4.79 Å². The van der Waals surface area contributed by atoms with Crippen LogP contribution in [0.15, 0.2) is 0 Å². The summed E-state index contributed by atoms with van der Waals surface area (Å²) in [6.07, 6.45) is -10.00. The zero-order chi connectivity index (χ0) is 19.6. The molecule has 2 heterocycles. The Labute approximate surface area is 151 Å². The standard InChI is InChI=1S/C16H28O10/c1-6-9(18)12(10(19)15(20)23-6)26-16-14(22-5)13(21-4)11(7(2)24-16)25-8(3)17/h6-7,9-16,18-20H,1-5H3/t6-,7-,9-,10+,11+,12+,13+,14-,15+,16-/m0/s1. The molecule has 0 saturated carbocycles. The second kappa shape index (κ2) is 8.89. The Morgan fingerprint density at radius 2 is 1.46 bits per heavy atom. The molecule has 3 N–H and O–H groups in total. The number of ether oxygens (including phenoxy) is 6. The molecule has 2 aliphatic heterocycles. The van der Waals surface area contributed by atoms with Gasteiger partial charge in [0.2, 0.25) is 0 Å². The van der Waals surface area contributed by atoms with Crippen molar-refractivity contribution >= 4 is 5.97 Å². The summed E-state index contributed by atoms with van der Waals surface area (Å²) in [5, 5.41) is 30.1. The summed E-state index contributed by atoms with van der Waals surface area (Å²) in [6, 6.07) is 0. The van der Waals surface area contributed by atoms with Gasteiger partial charge in [0.25, 0.3) is 0 Å². The molecule has 152 valence electrons. The lowest BCUT2D eigenvalue weighted by Gasteiger charge is -2.46. The second-order valence-corrected chi connectivity index (χ2v) is 6.50. The minimum atomic E-state index is -1.51. The van der Waals surface area contributed by atoms with Gasteiger partial charge in [0.15, 0.2) is 18.7 Å². The highest BCUT2D eigenvalue weighted by atomic mass is 16.7. The summed E-state index contributed by atoms with van der Waals surface area (Å²) in [4.78, 5) is 11.4. The smallest absolute Gasteiger partial charge is 0.303 e. The fourth-order valence-electron chi connectivity index (χ4n) is 3.28. The highest BCUT2D eigenvalue weighted by Gasteiger charge is 2.51. The van der Waals surface area contributed by atoms with Crippen LogP contribution in [-0.2, 0) is 33.2 Å². The van der Waals surface area contributed by atoms with E-state index < -0.39 is 67.4 Å². The zero-order valence-corrected chi connectivity index (χ0v) is 15.5. The first-order valence-electron chi connectivity index (χ1n) is 8.44. The molecule has 0 spiro atoms. The topological polar surface area (TPSA) is 133 Å². The number of methoxy groups -OCH3 is 2. The third-order valence-corrected chi connectivity index (χ3v) is 4.67. The van der Waals surface area contributed by atoms with E-state index in [-0.39, 0.29) is 0 Å². The van der Waals surface area contributed by atoms with Gasteiger partial charge < -0.3 is 43.7 Å². The Kier molecular flexibility index (Phi) is 7.34. The maximum Gasteiger partial charge on any atom is 0.303 e. The normalized spacial score (nSPS) is 46.8. The quantitative estimate of drug-likeness (QED) is 0.486. The molecule has 0 bridgehead atoms. The van der Waals surface area contributed by atoms with E-state index in [0.717, 1.165) is 0 Å². The van der Waals surface area contributed by atoms with Crippen LogP contribution >= 0.6 is 0 Å². The van der Waals surface area contributed by atoms with Crippen LogP contribution in [0.25, 0.3) is 0 Å². The molecule has 0 unspecified atom stereocenters. The summed E-state index contributed by atoms with van der Waals surface area (Å²) < 4.78 is 32.6. The van der Waals surface area contributed by atoms with Crippen LogP contribution in [-0.4, -0.2) is 96.9 Å². The summed E-state index contributed by atoms with van der Waals surface area (Å²) in [5.41, 5.74) is 0. The Morgan fingerprint density at radius 1 is 0.846 bits per heavy atom. The molecule has 2 fully saturated rings.